The van der Waals surface area contributed by atoms with E-state index < -0.39 is 23.9 Å². The molecule has 0 saturated carbocycles. The van der Waals surface area contributed by atoms with Crippen molar-refractivity contribution in [2.24, 2.45) is 0 Å². The van der Waals surface area contributed by atoms with Crippen LogP contribution in [0.1, 0.15) is 6.42 Å². The quantitative estimate of drug-likeness (QED) is 0.626. The highest BCUT2D eigenvalue weighted by molar-refractivity contribution is 6.57. The third-order valence-electron chi connectivity index (χ3n) is 2.75. The minimum Gasteiger partial charge on any atom is -0.453 e. The average Bonchev–Trinajstić information content (AvgIpc) is 2.42. The number of carbonyl (C=O) groups is 1. The van der Waals surface area contributed by atoms with Crippen LogP contribution in [0.4, 0.5) is 4.79 Å². The Morgan fingerprint density at radius 3 is 2.05 bits per heavy atom. The monoisotopic (exact) mass is 311 g/mol. The van der Waals surface area contributed by atoms with E-state index >= 15 is 0 Å². The topological polar surface area (TPSA) is 75.3 Å². The number of amides is 1. The summed E-state index contributed by atoms with van der Waals surface area (Å²) in [5.41, 5.74) is 0.0877. The van der Waals surface area contributed by atoms with Gasteiger partial charge in [-0.1, -0.05) is 13.1 Å². The van der Waals surface area contributed by atoms with Crippen molar-refractivity contribution in [2.45, 2.75) is 25.2 Å². The molecule has 0 aliphatic carbocycles. The zero-order valence-corrected chi connectivity index (χ0v) is 14.7. The summed E-state index contributed by atoms with van der Waals surface area (Å²) in [6.45, 7) is 4.68. The first kappa shape index (κ1) is 18.5. The van der Waals surface area contributed by atoms with Gasteiger partial charge < -0.3 is 27.8 Å². The van der Waals surface area contributed by atoms with Crippen molar-refractivity contribution in [3.63, 3.8) is 0 Å². The molecule has 9 heteroatoms. The molecule has 0 aromatic rings. The molecule has 0 bridgehead atoms. The van der Waals surface area contributed by atoms with Gasteiger partial charge in [0.25, 0.3) is 0 Å². The number of ether oxygens (including phenoxy) is 1. The van der Waals surface area contributed by atoms with Crippen molar-refractivity contribution in [3.8, 4) is 0 Å². The second-order valence-corrected chi connectivity index (χ2v) is 10.0. The van der Waals surface area contributed by atoms with Gasteiger partial charge in [0.2, 0.25) is 0 Å². The number of hydrogen-bond acceptors (Lipinski definition) is 6. The maximum Gasteiger partial charge on any atom is 0.678 e. The van der Waals surface area contributed by atoms with Gasteiger partial charge in [0.15, 0.2) is 0 Å². The Morgan fingerprint density at radius 1 is 1.16 bits per heavy atom. The normalized spacial score (nSPS) is 13.4. The third kappa shape index (κ3) is 6.50. The summed E-state index contributed by atoms with van der Waals surface area (Å²) < 4.78 is 25.6. The highest BCUT2D eigenvalue weighted by Crippen LogP contribution is 2.09. The first-order valence-electron chi connectivity index (χ1n) is 6.08. The summed E-state index contributed by atoms with van der Waals surface area (Å²) in [4.78, 5) is 11.2. The highest BCUT2D eigenvalue weighted by atomic mass is 28.4. The molecular formula is C10H25NO6Si2. The number of methoxy groups -OCH3 is 1. The molecule has 0 radical (unpaired) electrons. The fraction of sp³-hybridized carbons (Fsp3) is 0.900. The Morgan fingerprint density at radius 2 is 1.68 bits per heavy atom. The second kappa shape index (κ2) is 9.45. The van der Waals surface area contributed by atoms with Crippen molar-refractivity contribution < 1.29 is 27.2 Å². The molecule has 0 aromatic heterocycles. The maximum atomic E-state index is 11.2. The van der Waals surface area contributed by atoms with Crippen LogP contribution >= 0.6 is 0 Å². The van der Waals surface area contributed by atoms with Crippen molar-refractivity contribution in [1.82, 2.24) is 5.32 Å². The minimum atomic E-state index is -3.00. The van der Waals surface area contributed by atoms with Crippen LogP contribution in [0.15, 0.2) is 0 Å². The van der Waals surface area contributed by atoms with Crippen LogP contribution in [0.5, 0.6) is 0 Å². The minimum absolute atomic E-state index is 0.0877. The van der Waals surface area contributed by atoms with Crippen molar-refractivity contribution >= 4 is 23.9 Å². The van der Waals surface area contributed by atoms with E-state index in [0.29, 0.717) is 13.0 Å². The molecule has 0 fully saturated rings. The van der Waals surface area contributed by atoms with Gasteiger partial charge in [-0.05, 0) is 6.42 Å². The van der Waals surface area contributed by atoms with E-state index in [2.05, 4.69) is 23.1 Å². The lowest BCUT2D eigenvalue weighted by Gasteiger charge is -2.25. The van der Waals surface area contributed by atoms with Crippen LogP contribution in [0, 0.1) is 0 Å². The average molecular weight is 311 g/mol. The lowest BCUT2D eigenvalue weighted by atomic mass is 10.4. The first-order chi connectivity index (χ1) is 8.94. The Hall–Kier alpha value is -0.456. The standard InChI is InChI=1S/C10H25NO6Si2/c1-13-10(12)11-9(18(5)6)7-8-17-19(14-2,15-3)16-4/h9,18H,7-8H2,1-6H3,(H,11,12). The Balaban J connectivity index is 4.29. The van der Waals surface area contributed by atoms with E-state index in [0.717, 1.165) is 0 Å². The predicted octanol–water partition coefficient (Wildman–Crippen LogP) is 0.518. The van der Waals surface area contributed by atoms with E-state index in [1.54, 1.807) is 0 Å². The van der Waals surface area contributed by atoms with Gasteiger partial charge in [-0.15, -0.1) is 0 Å². The van der Waals surface area contributed by atoms with Gasteiger partial charge in [-0.3, -0.25) is 0 Å². The maximum absolute atomic E-state index is 11.2. The number of alkyl carbamates (subject to hydrolysis) is 1. The molecule has 0 heterocycles. The van der Waals surface area contributed by atoms with Crippen LogP contribution in [0.25, 0.3) is 0 Å². The molecule has 114 valence electrons. The Bertz CT molecular complexity index is 254. The molecule has 0 aliphatic heterocycles. The lowest BCUT2D eigenvalue weighted by Crippen LogP contribution is -2.48. The van der Waals surface area contributed by atoms with Crippen molar-refractivity contribution in [1.29, 1.82) is 0 Å². The molecule has 0 spiro atoms. The van der Waals surface area contributed by atoms with Gasteiger partial charge in [-0.2, -0.15) is 0 Å². The molecule has 0 aromatic carbocycles. The molecule has 0 saturated heterocycles. The van der Waals surface area contributed by atoms with Crippen LogP contribution in [0.2, 0.25) is 13.1 Å². The molecule has 19 heavy (non-hydrogen) atoms. The number of nitrogens with one attached hydrogen (secondary N) is 1. The van der Waals surface area contributed by atoms with E-state index in [-0.39, 0.29) is 5.67 Å². The SMILES string of the molecule is COC(=O)NC(CCO[Si](OC)(OC)OC)[SiH](C)C. The summed E-state index contributed by atoms with van der Waals surface area (Å²) in [6, 6.07) is 0. The number of hydrogen-bond donors (Lipinski definition) is 1. The zero-order valence-electron chi connectivity index (χ0n) is 12.5. The second-order valence-electron chi connectivity index (χ2n) is 4.24. The first-order valence-corrected chi connectivity index (χ1v) is 10.7. The van der Waals surface area contributed by atoms with Crippen LogP contribution < -0.4 is 5.32 Å². The predicted molar refractivity (Wildman–Crippen MR) is 75.6 cm³/mol. The number of rotatable bonds is 9. The van der Waals surface area contributed by atoms with Gasteiger partial charge in [0.05, 0.1) is 15.9 Å². The van der Waals surface area contributed by atoms with Crippen molar-refractivity contribution in [3.05, 3.63) is 0 Å². The van der Waals surface area contributed by atoms with Crippen LogP contribution in [0.3, 0.4) is 0 Å². The van der Waals surface area contributed by atoms with E-state index in [4.69, 9.17) is 17.7 Å². The van der Waals surface area contributed by atoms with Crippen LogP contribution in [-0.2, 0) is 22.4 Å². The van der Waals surface area contributed by atoms with Gasteiger partial charge in [-0.25, -0.2) is 4.79 Å². The fourth-order valence-electron chi connectivity index (χ4n) is 1.52. The van der Waals surface area contributed by atoms with E-state index in [1.165, 1.54) is 28.4 Å². The molecule has 0 rings (SSSR count). The number of carbonyl (C=O) groups excluding carboxylic acids is 1. The fourth-order valence-corrected chi connectivity index (χ4v) is 4.01. The lowest BCUT2D eigenvalue weighted by molar-refractivity contribution is 0.00496. The molecule has 1 amide bonds. The summed E-state index contributed by atoms with van der Waals surface area (Å²) in [5.74, 6) is 0. The summed E-state index contributed by atoms with van der Waals surface area (Å²) >= 11 is 0. The molecule has 0 aliphatic rings. The molecule has 1 N–H and O–H groups in total. The zero-order chi connectivity index (χ0) is 14.9. The Labute approximate surface area is 117 Å². The van der Waals surface area contributed by atoms with Gasteiger partial charge in [0, 0.05) is 33.6 Å². The summed E-state index contributed by atoms with van der Waals surface area (Å²) in [6.07, 6.45) is 0.254. The molecule has 1 atom stereocenters. The molecule has 1 unspecified atom stereocenters. The van der Waals surface area contributed by atoms with Crippen molar-refractivity contribution in [2.75, 3.05) is 35.0 Å². The highest BCUT2D eigenvalue weighted by Gasteiger charge is 2.42. The largest absolute Gasteiger partial charge is 0.678 e. The van der Waals surface area contributed by atoms with E-state index in [9.17, 15) is 4.79 Å². The smallest absolute Gasteiger partial charge is 0.453 e. The Kier molecular flexibility index (Phi) is 9.22. The summed E-state index contributed by atoms with van der Waals surface area (Å²) in [7, 11) is 1.75. The molecular weight excluding hydrogens is 286 g/mol. The molecule has 7 nitrogen and oxygen atoms in total. The summed E-state index contributed by atoms with van der Waals surface area (Å²) in [5, 5.41) is 2.82. The van der Waals surface area contributed by atoms with Gasteiger partial charge >= 0.3 is 15.1 Å². The van der Waals surface area contributed by atoms with E-state index in [1.807, 2.05) is 0 Å². The van der Waals surface area contributed by atoms with Gasteiger partial charge in [0.1, 0.15) is 0 Å². The van der Waals surface area contributed by atoms with Crippen LogP contribution in [-0.4, -0.2) is 64.6 Å². The third-order valence-corrected chi connectivity index (χ3v) is 6.92.